The summed E-state index contributed by atoms with van der Waals surface area (Å²) in [6.45, 7) is 14.3. The monoisotopic (exact) mass is 352 g/mol. The minimum Gasteiger partial charge on any atom is -0.0654 e. The summed E-state index contributed by atoms with van der Waals surface area (Å²) in [4.78, 5) is 0. The molecular formula is C25H52. The fourth-order valence-electron chi connectivity index (χ4n) is 4.08. The molecule has 3 atom stereocenters. The molecule has 0 heterocycles. The molecule has 0 rings (SSSR count). The SMILES string of the molecule is CCCCCC(C)C(CCCCCCC(C)C)CCCCC(C)CC. The van der Waals surface area contributed by atoms with Crippen molar-refractivity contribution in [3.63, 3.8) is 0 Å². The van der Waals surface area contributed by atoms with Crippen molar-refractivity contribution in [2.24, 2.45) is 23.7 Å². The Hall–Kier alpha value is 0. The summed E-state index contributed by atoms with van der Waals surface area (Å²) in [5.74, 6) is 3.77. The molecule has 0 aromatic heterocycles. The third kappa shape index (κ3) is 15.9. The average Bonchev–Trinajstić information content (AvgIpc) is 2.59. The van der Waals surface area contributed by atoms with Gasteiger partial charge in [-0.1, -0.05) is 138 Å². The van der Waals surface area contributed by atoms with Gasteiger partial charge in [-0.05, 0) is 23.7 Å². The van der Waals surface area contributed by atoms with E-state index in [4.69, 9.17) is 0 Å². The Morgan fingerprint density at radius 3 is 1.60 bits per heavy atom. The first-order valence-electron chi connectivity index (χ1n) is 12.0. The summed E-state index contributed by atoms with van der Waals surface area (Å²) in [6, 6.07) is 0. The van der Waals surface area contributed by atoms with E-state index in [2.05, 4.69) is 41.5 Å². The van der Waals surface area contributed by atoms with E-state index in [-0.39, 0.29) is 0 Å². The Balaban J connectivity index is 4.05. The van der Waals surface area contributed by atoms with Crippen LogP contribution >= 0.6 is 0 Å². The standard InChI is InChI=1S/C25H52/c1-7-9-12-19-24(6)25(21-16-15-18-23(5)8-2)20-14-11-10-13-17-22(3)4/h22-25H,7-21H2,1-6H3. The molecule has 0 fully saturated rings. The molecule has 0 heteroatoms. The van der Waals surface area contributed by atoms with Gasteiger partial charge in [0.2, 0.25) is 0 Å². The summed E-state index contributed by atoms with van der Waals surface area (Å²) in [5, 5.41) is 0. The van der Waals surface area contributed by atoms with E-state index in [0.717, 1.165) is 23.7 Å². The lowest BCUT2D eigenvalue weighted by Gasteiger charge is -2.24. The lowest BCUT2D eigenvalue weighted by molar-refractivity contribution is 0.273. The van der Waals surface area contributed by atoms with Crippen LogP contribution in [0.1, 0.15) is 138 Å². The number of hydrogen-bond donors (Lipinski definition) is 0. The van der Waals surface area contributed by atoms with Crippen LogP contribution in [0, 0.1) is 23.7 Å². The number of rotatable bonds is 18. The summed E-state index contributed by atoms with van der Waals surface area (Å²) < 4.78 is 0. The second kappa shape index (κ2) is 17.4. The van der Waals surface area contributed by atoms with Crippen molar-refractivity contribution in [1.82, 2.24) is 0 Å². The highest BCUT2D eigenvalue weighted by Crippen LogP contribution is 2.29. The Labute approximate surface area is 161 Å². The van der Waals surface area contributed by atoms with Crippen LogP contribution in [0.3, 0.4) is 0 Å². The van der Waals surface area contributed by atoms with E-state index in [9.17, 15) is 0 Å². The maximum absolute atomic E-state index is 2.55. The van der Waals surface area contributed by atoms with Crippen LogP contribution in [0.2, 0.25) is 0 Å². The predicted molar refractivity (Wildman–Crippen MR) is 117 cm³/mol. The second-order valence-electron chi connectivity index (χ2n) is 9.42. The molecule has 3 unspecified atom stereocenters. The molecule has 0 amide bonds. The molecule has 0 bridgehead atoms. The van der Waals surface area contributed by atoms with Crippen molar-refractivity contribution in [2.75, 3.05) is 0 Å². The lowest BCUT2D eigenvalue weighted by Crippen LogP contribution is -2.12. The van der Waals surface area contributed by atoms with E-state index >= 15 is 0 Å². The molecule has 0 saturated carbocycles. The third-order valence-corrected chi connectivity index (χ3v) is 6.39. The molecular weight excluding hydrogens is 300 g/mol. The van der Waals surface area contributed by atoms with Crippen molar-refractivity contribution in [3.8, 4) is 0 Å². The Bertz CT molecular complexity index is 255. The highest BCUT2D eigenvalue weighted by molar-refractivity contribution is 4.68. The smallest absolute Gasteiger partial charge is 0.0388 e. The van der Waals surface area contributed by atoms with Gasteiger partial charge in [0.05, 0.1) is 0 Å². The van der Waals surface area contributed by atoms with Crippen LogP contribution in [-0.4, -0.2) is 0 Å². The predicted octanol–water partition coefficient (Wildman–Crippen LogP) is 9.42. The summed E-state index contributed by atoms with van der Waals surface area (Å²) in [7, 11) is 0. The average molecular weight is 353 g/mol. The van der Waals surface area contributed by atoms with Gasteiger partial charge >= 0.3 is 0 Å². The molecule has 0 aromatic rings. The Kier molecular flexibility index (Phi) is 17.4. The number of hydrogen-bond acceptors (Lipinski definition) is 0. The maximum Gasteiger partial charge on any atom is -0.0388 e. The van der Waals surface area contributed by atoms with E-state index in [1.807, 2.05) is 0 Å². The molecule has 0 saturated heterocycles. The fourth-order valence-corrected chi connectivity index (χ4v) is 4.08. The quantitative estimate of drug-likeness (QED) is 0.215. The molecule has 0 nitrogen and oxygen atoms in total. The van der Waals surface area contributed by atoms with Crippen LogP contribution in [-0.2, 0) is 0 Å². The zero-order chi connectivity index (χ0) is 18.9. The van der Waals surface area contributed by atoms with Gasteiger partial charge in [0, 0.05) is 0 Å². The fraction of sp³-hybridized carbons (Fsp3) is 1.00. The summed E-state index contributed by atoms with van der Waals surface area (Å²) in [5.41, 5.74) is 0. The maximum atomic E-state index is 2.55. The molecule has 0 N–H and O–H groups in total. The molecule has 0 aromatic carbocycles. The second-order valence-corrected chi connectivity index (χ2v) is 9.42. The highest BCUT2D eigenvalue weighted by atomic mass is 14.2. The van der Waals surface area contributed by atoms with Crippen molar-refractivity contribution in [3.05, 3.63) is 0 Å². The Morgan fingerprint density at radius 2 is 1.04 bits per heavy atom. The first-order chi connectivity index (χ1) is 12.0. The van der Waals surface area contributed by atoms with Gasteiger partial charge in [0.15, 0.2) is 0 Å². The summed E-state index contributed by atoms with van der Waals surface area (Å²) in [6.07, 6.45) is 21.7. The van der Waals surface area contributed by atoms with E-state index in [1.54, 1.807) is 0 Å². The minimum absolute atomic E-state index is 0.886. The molecule has 152 valence electrons. The van der Waals surface area contributed by atoms with Gasteiger partial charge in [-0.2, -0.15) is 0 Å². The van der Waals surface area contributed by atoms with Gasteiger partial charge in [-0.3, -0.25) is 0 Å². The molecule has 0 aliphatic carbocycles. The van der Waals surface area contributed by atoms with Crippen LogP contribution in [0.15, 0.2) is 0 Å². The largest absolute Gasteiger partial charge is 0.0654 e. The van der Waals surface area contributed by atoms with Gasteiger partial charge in [-0.15, -0.1) is 0 Å². The third-order valence-electron chi connectivity index (χ3n) is 6.39. The lowest BCUT2D eigenvalue weighted by atomic mass is 9.81. The van der Waals surface area contributed by atoms with E-state index in [0.29, 0.717) is 0 Å². The molecule has 25 heavy (non-hydrogen) atoms. The van der Waals surface area contributed by atoms with Crippen molar-refractivity contribution >= 4 is 0 Å². The zero-order valence-electron chi connectivity index (χ0n) is 18.9. The van der Waals surface area contributed by atoms with E-state index < -0.39 is 0 Å². The van der Waals surface area contributed by atoms with Crippen molar-refractivity contribution in [2.45, 2.75) is 138 Å². The zero-order valence-corrected chi connectivity index (χ0v) is 18.9. The molecule has 0 spiro atoms. The van der Waals surface area contributed by atoms with Crippen molar-refractivity contribution in [1.29, 1.82) is 0 Å². The molecule has 0 aliphatic rings. The number of unbranched alkanes of at least 4 members (excludes halogenated alkanes) is 6. The normalized spacial score (nSPS) is 15.5. The minimum atomic E-state index is 0.886. The van der Waals surface area contributed by atoms with Crippen LogP contribution in [0.25, 0.3) is 0 Å². The van der Waals surface area contributed by atoms with Gasteiger partial charge in [-0.25, -0.2) is 0 Å². The van der Waals surface area contributed by atoms with Gasteiger partial charge < -0.3 is 0 Å². The van der Waals surface area contributed by atoms with Crippen LogP contribution in [0.5, 0.6) is 0 Å². The molecule has 0 aliphatic heterocycles. The van der Waals surface area contributed by atoms with Crippen LogP contribution < -0.4 is 0 Å². The first kappa shape index (κ1) is 25.0. The van der Waals surface area contributed by atoms with Crippen LogP contribution in [0.4, 0.5) is 0 Å². The van der Waals surface area contributed by atoms with Gasteiger partial charge in [0.1, 0.15) is 0 Å². The first-order valence-corrected chi connectivity index (χ1v) is 12.0. The topological polar surface area (TPSA) is 0 Å². The summed E-state index contributed by atoms with van der Waals surface area (Å²) >= 11 is 0. The highest BCUT2D eigenvalue weighted by Gasteiger charge is 2.16. The molecule has 0 radical (unpaired) electrons. The van der Waals surface area contributed by atoms with Crippen molar-refractivity contribution < 1.29 is 0 Å². The van der Waals surface area contributed by atoms with E-state index in [1.165, 1.54) is 96.3 Å². The van der Waals surface area contributed by atoms with Gasteiger partial charge in [0.25, 0.3) is 0 Å². The Morgan fingerprint density at radius 1 is 0.520 bits per heavy atom.